The smallest absolute Gasteiger partial charge is 0.258 e. The SMILES string of the molecule is CCOc1cc(CNc2ccc(N3CCN(C(C)=O)CC3)cc2)cc(Cl)c1OCC(=O)NC(C)(C)C. The van der Waals surface area contributed by atoms with E-state index in [0.29, 0.717) is 29.7 Å². The van der Waals surface area contributed by atoms with Crippen molar-refractivity contribution in [1.82, 2.24) is 10.2 Å². The molecular weight excluding hydrogens is 480 g/mol. The number of piperazine rings is 1. The predicted molar refractivity (Wildman–Crippen MR) is 144 cm³/mol. The molecule has 8 nitrogen and oxygen atoms in total. The largest absolute Gasteiger partial charge is 0.490 e. The molecule has 0 radical (unpaired) electrons. The van der Waals surface area contributed by atoms with E-state index in [4.69, 9.17) is 21.1 Å². The number of anilines is 2. The third-order valence-electron chi connectivity index (χ3n) is 5.69. The maximum atomic E-state index is 12.2. The number of halogens is 1. The zero-order valence-electron chi connectivity index (χ0n) is 21.8. The van der Waals surface area contributed by atoms with Crippen LogP contribution in [0.25, 0.3) is 0 Å². The Bertz CT molecular complexity index is 1040. The van der Waals surface area contributed by atoms with Crippen molar-refractivity contribution < 1.29 is 19.1 Å². The fourth-order valence-corrected chi connectivity index (χ4v) is 4.28. The van der Waals surface area contributed by atoms with E-state index in [2.05, 4.69) is 27.7 Å². The zero-order chi connectivity index (χ0) is 26.3. The Labute approximate surface area is 218 Å². The van der Waals surface area contributed by atoms with E-state index in [1.807, 2.05) is 56.9 Å². The molecule has 0 bridgehead atoms. The van der Waals surface area contributed by atoms with Crippen molar-refractivity contribution in [1.29, 1.82) is 0 Å². The van der Waals surface area contributed by atoms with Crippen LogP contribution in [0.15, 0.2) is 36.4 Å². The van der Waals surface area contributed by atoms with E-state index in [1.54, 1.807) is 6.92 Å². The Hall–Kier alpha value is -3.13. The van der Waals surface area contributed by atoms with E-state index >= 15 is 0 Å². The molecule has 0 aliphatic carbocycles. The third-order valence-corrected chi connectivity index (χ3v) is 5.97. The van der Waals surface area contributed by atoms with Gasteiger partial charge in [0.25, 0.3) is 5.91 Å². The number of carbonyl (C=O) groups excluding carboxylic acids is 2. The van der Waals surface area contributed by atoms with Crippen LogP contribution < -0.4 is 25.0 Å². The number of nitrogens with one attached hydrogen (secondary N) is 2. The minimum Gasteiger partial charge on any atom is -0.490 e. The first-order valence-corrected chi connectivity index (χ1v) is 12.7. The fourth-order valence-electron chi connectivity index (χ4n) is 3.99. The van der Waals surface area contributed by atoms with Crippen molar-refractivity contribution in [3.8, 4) is 11.5 Å². The average Bonchev–Trinajstić information content (AvgIpc) is 2.81. The van der Waals surface area contributed by atoms with E-state index < -0.39 is 0 Å². The molecule has 1 aliphatic rings. The Kier molecular flexibility index (Phi) is 9.31. The lowest BCUT2D eigenvalue weighted by Gasteiger charge is -2.35. The van der Waals surface area contributed by atoms with Crippen LogP contribution in [0.2, 0.25) is 5.02 Å². The van der Waals surface area contributed by atoms with Crippen LogP contribution in [-0.4, -0.2) is 61.6 Å². The summed E-state index contributed by atoms with van der Waals surface area (Å²) >= 11 is 6.51. The molecule has 0 spiro atoms. The molecule has 1 aliphatic heterocycles. The first-order chi connectivity index (χ1) is 17.1. The summed E-state index contributed by atoms with van der Waals surface area (Å²) in [6.45, 7) is 13.2. The Morgan fingerprint density at radius 3 is 2.28 bits per heavy atom. The monoisotopic (exact) mass is 516 g/mol. The number of rotatable bonds is 9. The Morgan fingerprint density at radius 2 is 1.69 bits per heavy atom. The molecule has 1 saturated heterocycles. The maximum Gasteiger partial charge on any atom is 0.258 e. The number of hydrogen-bond acceptors (Lipinski definition) is 6. The first-order valence-electron chi connectivity index (χ1n) is 12.3. The Morgan fingerprint density at radius 1 is 1.03 bits per heavy atom. The molecule has 0 aromatic heterocycles. The second kappa shape index (κ2) is 12.2. The van der Waals surface area contributed by atoms with Crippen LogP contribution in [0.5, 0.6) is 11.5 Å². The highest BCUT2D eigenvalue weighted by Crippen LogP contribution is 2.37. The van der Waals surface area contributed by atoms with Gasteiger partial charge < -0.3 is 29.9 Å². The molecule has 9 heteroatoms. The van der Waals surface area contributed by atoms with Gasteiger partial charge in [0.1, 0.15) is 0 Å². The quantitative estimate of drug-likeness (QED) is 0.516. The number of amides is 2. The van der Waals surface area contributed by atoms with Gasteiger partial charge in [0, 0.05) is 56.6 Å². The molecular formula is C27H37ClN4O4. The number of carbonyl (C=O) groups is 2. The lowest BCUT2D eigenvalue weighted by atomic mass is 10.1. The molecule has 2 N–H and O–H groups in total. The molecule has 0 unspecified atom stereocenters. The van der Waals surface area contributed by atoms with Crippen LogP contribution in [0.4, 0.5) is 11.4 Å². The van der Waals surface area contributed by atoms with Gasteiger partial charge in [-0.1, -0.05) is 11.6 Å². The lowest BCUT2D eigenvalue weighted by molar-refractivity contribution is -0.129. The predicted octanol–water partition coefficient (Wildman–Crippen LogP) is 4.31. The van der Waals surface area contributed by atoms with Crippen molar-refractivity contribution in [2.45, 2.75) is 46.7 Å². The van der Waals surface area contributed by atoms with Gasteiger partial charge in [-0.2, -0.15) is 0 Å². The van der Waals surface area contributed by atoms with Crippen molar-refractivity contribution in [2.24, 2.45) is 0 Å². The summed E-state index contributed by atoms with van der Waals surface area (Å²) in [5.41, 5.74) is 2.71. The summed E-state index contributed by atoms with van der Waals surface area (Å²) in [5.74, 6) is 0.773. The standard InChI is InChI=1S/C27H37ClN4O4/c1-6-35-24-16-20(15-23(28)26(24)36-18-25(34)30-27(3,4)5)17-29-21-7-9-22(10-8-21)32-13-11-31(12-14-32)19(2)33/h7-10,15-16,29H,6,11-14,17-18H2,1-5H3,(H,30,34). The van der Waals surface area contributed by atoms with Gasteiger partial charge in [-0.25, -0.2) is 0 Å². The number of ether oxygens (including phenoxy) is 2. The van der Waals surface area contributed by atoms with E-state index in [9.17, 15) is 9.59 Å². The van der Waals surface area contributed by atoms with Gasteiger partial charge in [-0.05, 0) is 69.7 Å². The molecule has 3 rings (SSSR count). The van der Waals surface area contributed by atoms with Gasteiger partial charge >= 0.3 is 0 Å². The van der Waals surface area contributed by atoms with Crippen LogP contribution in [0.3, 0.4) is 0 Å². The second-order valence-electron chi connectivity index (χ2n) is 9.82. The maximum absolute atomic E-state index is 12.2. The summed E-state index contributed by atoms with van der Waals surface area (Å²) < 4.78 is 11.5. The summed E-state index contributed by atoms with van der Waals surface area (Å²) in [4.78, 5) is 27.9. The van der Waals surface area contributed by atoms with E-state index in [0.717, 1.165) is 43.1 Å². The average molecular weight is 517 g/mol. The molecule has 196 valence electrons. The zero-order valence-corrected chi connectivity index (χ0v) is 22.6. The topological polar surface area (TPSA) is 83.1 Å². The van der Waals surface area contributed by atoms with Gasteiger partial charge in [-0.15, -0.1) is 0 Å². The highest BCUT2D eigenvalue weighted by molar-refractivity contribution is 6.32. The fraction of sp³-hybridized carbons (Fsp3) is 0.481. The van der Waals surface area contributed by atoms with Crippen LogP contribution in [-0.2, 0) is 16.1 Å². The van der Waals surface area contributed by atoms with Crippen LogP contribution in [0, 0.1) is 0 Å². The highest BCUT2D eigenvalue weighted by atomic mass is 35.5. The minimum absolute atomic E-state index is 0.132. The first kappa shape index (κ1) is 27.5. The minimum atomic E-state index is -0.342. The van der Waals surface area contributed by atoms with Gasteiger partial charge in [0.05, 0.1) is 11.6 Å². The van der Waals surface area contributed by atoms with Crippen molar-refractivity contribution in [3.05, 3.63) is 47.0 Å². The summed E-state index contributed by atoms with van der Waals surface area (Å²) in [6.07, 6.45) is 0. The van der Waals surface area contributed by atoms with Crippen molar-refractivity contribution in [3.63, 3.8) is 0 Å². The lowest BCUT2D eigenvalue weighted by Crippen LogP contribution is -2.48. The van der Waals surface area contributed by atoms with Crippen LogP contribution >= 0.6 is 11.6 Å². The number of hydrogen-bond donors (Lipinski definition) is 2. The molecule has 1 heterocycles. The van der Waals surface area contributed by atoms with Gasteiger partial charge in [0.15, 0.2) is 18.1 Å². The molecule has 0 atom stereocenters. The van der Waals surface area contributed by atoms with E-state index in [1.165, 1.54) is 0 Å². The number of nitrogens with zero attached hydrogens (tertiary/aromatic N) is 2. The molecule has 2 aromatic carbocycles. The number of benzene rings is 2. The second-order valence-corrected chi connectivity index (χ2v) is 10.2. The summed E-state index contributed by atoms with van der Waals surface area (Å²) in [7, 11) is 0. The van der Waals surface area contributed by atoms with Crippen molar-refractivity contribution in [2.75, 3.05) is 49.6 Å². The molecule has 0 saturated carbocycles. The normalized spacial score (nSPS) is 13.8. The van der Waals surface area contributed by atoms with Crippen molar-refractivity contribution >= 4 is 34.8 Å². The molecule has 1 fully saturated rings. The molecule has 36 heavy (non-hydrogen) atoms. The van der Waals surface area contributed by atoms with E-state index in [-0.39, 0.29) is 24.0 Å². The Balaban J connectivity index is 1.60. The highest BCUT2D eigenvalue weighted by Gasteiger charge is 2.19. The molecule has 2 aromatic rings. The van der Waals surface area contributed by atoms with Crippen LogP contribution in [0.1, 0.15) is 40.2 Å². The molecule has 2 amide bonds. The summed E-state index contributed by atoms with van der Waals surface area (Å²) in [6, 6.07) is 12.0. The third kappa shape index (κ3) is 7.95. The van der Waals surface area contributed by atoms with Gasteiger partial charge in [-0.3, -0.25) is 9.59 Å². The van der Waals surface area contributed by atoms with Gasteiger partial charge in [0.2, 0.25) is 5.91 Å². The summed E-state index contributed by atoms with van der Waals surface area (Å²) in [5, 5.41) is 6.67.